The molecule has 0 amide bonds. The molecule has 3 heteroatoms. The molecule has 0 atom stereocenters. The molecule has 0 radical (unpaired) electrons. The Labute approximate surface area is 193 Å². The average Bonchev–Trinajstić information content (AvgIpc) is 3.46. The smallest absolute Gasteiger partial charge is 0.0995 e. The van der Waals surface area contributed by atoms with E-state index >= 15 is 0 Å². The number of benzene rings is 3. The maximum atomic E-state index is 10.0. The third-order valence-electron chi connectivity index (χ3n) is 8.20. The fourth-order valence-electron chi connectivity index (χ4n) is 7.07. The first-order valence-electron chi connectivity index (χ1n) is 11.8. The lowest BCUT2D eigenvalue weighted by Gasteiger charge is -2.15. The van der Waals surface area contributed by atoms with Gasteiger partial charge in [0, 0.05) is 21.5 Å². The molecule has 0 fully saturated rings. The molecule has 0 saturated heterocycles. The minimum absolute atomic E-state index is 0.163. The molecule has 0 aliphatic heterocycles. The monoisotopic (exact) mass is 427 g/mol. The van der Waals surface area contributed by atoms with Gasteiger partial charge in [-0.3, -0.25) is 0 Å². The number of rotatable bonds is 0. The molecular formula is C30H25N3. The summed E-state index contributed by atoms with van der Waals surface area (Å²) in [7, 11) is 0. The lowest BCUT2D eigenvalue weighted by molar-refractivity contribution is 0.392. The van der Waals surface area contributed by atoms with Crippen LogP contribution in [0.25, 0.3) is 38.1 Å². The zero-order chi connectivity index (χ0) is 22.9. The highest BCUT2D eigenvalue weighted by Crippen LogP contribution is 2.50. The van der Waals surface area contributed by atoms with Crippen molar-refractivity contribution in [3.05, 3.63) is 63.7 Å². The van der Waals surface area contributed by atoms with E-state index in [2.05, 4.69) is 74.6 Å². The van der Waals surface area contributed by atoms with Crippen LogP contribution in [0.1, 0.15) is 61.1 Å². The van der Waals surface area contributed by atoms with Gasteiger partial charge in [0.1, 0.15) is 0 Å². The number of fused-ring (bicyclic) bond motifs is 10. The second kappa shape index (κ2) is 5.67. The van der Waals surface area contributed by atoms with E-state index in [4.69, 9.17) is 0 Å². The zero-order valence-electron chi connectivity index (χ0n) is 19.6. The van der Waals surface area contributed by atoms with Crippen LogP contribution in [0.4, 0.5) is 0 Å². The largest absolute Gasteiger partial charge is 0.308 e. The van der Waals surface area contributed by atoms with Crippen molar-refractivity contribution in [3.8, 4) is 12.1 Å². The Morgan fingerprint density at radius 2 is 1.12 bits per heavy atom. The van der Waals surface area contributed by atoms with Crippen molar-refractivity contribution in [2.24, 2.45) is 10.8 Å². The summed E-state index contributed by atoms with van der Waals surface area (Å²) in [6.07, 6.45) is 3.88. The molecule has 2 aliphatic rings. The van der Waals surface area contributed by atoms with E-state index in [0.29, 0.717) is 0 Å². The van der Waals surface area contributed by atoms with E-state index in [1.165, 1.54) is 49.3 Å². The summed E-state index contributed by atoms with van der Waals surface area (Å²) in [6, 6.07) is 15.9. The Morgan fingerprint density at radius 3 is 1.55 bits per heavy atom. The number of hydrogen-bond acceptors (Lipinski definition) is 2. The summed E-state index contributed by atoms with van der Waals surface area (Å²) in [6.45, 7) is 9.21. The van der Waals surface area contributed by atoms with Crippen molar-refractivity contribution in [3.63, 3.8) is 0 Å². The molecule has 160 valence electrons. The molecule has 2 aliphatic carbocycles. The SMILES string of the molecule is CC1(C)Cc2c(C#N)cc3c(c2C1)c1cccc2c4c5c(c(C#N)cc4n3c12)CC(C)(C)C5. The van der Waals surface area contributed by atoms with Crippen molar-refractivity contribution < 1.29 is 0 Å². The van der Waals surface area contributed by atoms with Crippen LogP contribution in [0, 0.1) is 33.5 Å². The third-order valence-corrected chi connectivity index (χ3v) is 8.20. The molecule has 3 nitrogen and oxygen atoms in total. The number of hydrogen-bond donors (Lipinski definition) is 0. The minimum Gasteiger partial charge on any atom is -0.308 e. The first kappa shape index (κ1) is 19.0. The van der Waals surface area contributed by atoms with Gasteiger partial charge in [0.2, 0.25) is 0 Å². The van der Waals surface area contributed by atoms with Crippen molar-refractivity contribution in [1.82, 2.24) is 4.40 Å². The van der Waals surface area contributed by atoms with Gasteiger partial charge in [-0.1, -0.05) is 45.9 Å². The Balaban J connectivity index is 1.74. The second-order valence-corrected chi connectivity index (χ2v) is 11.8. The van der Waals surface area contributed by atoms with Gasteiger partial charge >= 0.3 is 0 Å². The number of para-hydroxylation sites is 1. The van der Waals surface area contributed by atoms with Gasteiger partial charge in [-0.2, -0.15) is 10.5 Å². The fraction of sp³-hybridized carbons (Fsp3) is 0.333. The standard InChI is InChI=1S/C30H25N3/c1-29(2)10-20-16(14-31)8-24-26(22(20)12-29)18-6-5-7-19-27-23-13-30(3,4)11-21(23)17(15-32)9-25(27)33(24)28(18)19/h5-9H,10-13H2,1-4H3. The van der Waals surface area contributed by atoms with Crippen LogP contribution in [-0.2, 0) is 25.7 Å². The maximum absolute atomic E-state index is 10.0. The molecule has 7 rings (SSSR count). The van der Waals surface area contributed by atoms with Gasteiger partial charge < -0.3 is 4.40 Å². The summed E-state index contributed by atoms with van der Waals surface area (Å²) in [5.74, 6) is 0. The van der Waals surface area contributed by atoms with E-state index < -0.39 is 0 Å². The molecule has 5 aromatic rings. The number of nitrogens with zero attached hydrogens (tertiary/aromatic N) is 3. The first-order chi connectivity index (χ1) is 15.7. The van der Waals surface area contributed by atoms with Gasteiger partial charge in [0.15, 0.2) is 0 Å². The summed E-state index contributed by atoms with van der Waals surface area (Å²) in [4.78, 5) is 0. The lowest BCUT2D eigenvalue weighted by Crippen LogP contribution is -2.09. The molecular weight excluding hydrogens is 402 g/mol. The summed E-state index contributed by atoms with van der Waals surface area (Å²) >= 11 is 0. The quantitative estimate of drug-likeness (QED) is 0.272. The van der Waals surface area contributed by atoms with Gasteiger partial charge in [0.25, 0.3) is 0 Å². The predicted octanol–water partition coefficient (Wildman–Crippen LogP) is 6.83. The Kier molecular flexibility index (Phi) is 3.26. The molecule has 0 unspecified atom stereocenters. The molecule has 2 heterocycles. The van der Waals surface area contributed by atoms with E-state index in [1.807, 2.05) is 0 Å². The first-order valence-corrected chi connectivity index (χ1v) is 11.8. The van der Waals surface area contributed by atoms with E-state index in [0.717, 1.165) is 47.8 Å². The highest BCUT2D eigenvalue weighted by molar-refractivity contribution is 6.25. The highest BCUT2D eigenvalue weighted by Gasteiger charge is 2.36. The van der Waals surface area contributed by atoms with E-state index in [9.17, 15) is 10.5 Å². The van der Waals surface area contributed by atoms with Gasteiger partial charge in [-0.05, 0) is 70.9 Å². The Morgan fingerprint density at radius 1 is 0.697 bits per heavy atom. The molecule has 2 aromatic heterocycles. The normalized spacial score (nSPS) is 18.2. The predicted molar refractivity (Wildman–Crippen MR) is 133 cm³/mol. The fourth-order valence-corrected chi connectivity index (χ4v) is 7.07. The molecule has 0 saturated carbocycles. The van der Waals surface area contributed by atoms with E-state index in [1.54, 1.807) is 0 Å². The van der Waals surface area contributed by atoms with Crippen LogP contribution in [0.5, 0.6) is 0 Å². The van der Waals surface area contributed by atoms with Gasteiger partial charge in [-0.25, -0.2) is 0 Å². The summed E-state index contributed by atoms with van der Waals surface area (Å²) < 4.78 is 2.36. The van der Waals surface area contributed by atoms with Crippen LogP contribution in [0.3, 0.4) is 0 Å². The van der Waals surface area contributed by atoms with Crippen LogP contribution < -0.4 is 0 Å². The lowest BCUT2D eigenvalue weighted by atomic mass is 9.89. The van der Waals surface area contributed by atoms with Crippen LogP contribution in [-0.4, -0.2) is 4.40 Å². The maximum Gasteiger partial charge on any atom is 0.0995 e. The zero-order valence-corrected chi connectivity index (χ0v) is 19.6. The molecule has 0 N–H and O–H groups in total. The van der Waals surface area contributed by atoms with Crippen molar-refractivity contribution in [1.29, 1.82) is 10.5 Å². The second-order valence-electron chi connectivity index (χ2n) is 11.8. The molecule has 0 bridgehead atoms. The molecule has 33 heavy (non-hydrogen) atoms. The summed E-state index contributed by atoms with van der Waals surface area (Å²) in [5.41, 5.74) is 10.6. The van der Waals surface area contributed by atoms with Crippen LogP contribution >= 0.6 is 0 Å². The Hall–Kier alpha value is -3.56. The highest BCUT2D eigenvalue weighted by atomic mass is 14.9. The average molecular weight is 428 g/mol. The molecule has 0 spiro atoms. The van der Waals surface area contributed by atoms with Crippen LogP contribution in [0.2, 0.25) is 0 Å². The Bertz CT molecular complexity index is 1650. The van der Waals surface area contributed by atoms with Gasteiger partial charge in [-0.15, -0.1) is 0 Å². The van der Waals surface area contributed by atoms with Gasteiger partial charge in [0.05, 0.1) is 39.8 Å². The number of aromatic nitrogens is 1. The van der Waals surface area contributed by atoms with Crippen molar-refractivity contribution in [2.75, 3.05) is 0 Å². The minimum atomic E-state index is 0.163. The van der Waals surface area contributed by atoms with Crippen molar-refractivity contribution >= 4 is 38.1 Å². The topological polar surface area (TPSA) is 52.0 Å². The number of nitriles is 2. The summed E-state index contributed by atoms with van der Waals surface area (Å²) in [5, 5.41) is 25.2. The van der Waals surface area contributed by atoms with E-state index in [-0.39, 0.29) is 10.8 Å². The van der Waals surface area contributed by atoms with Crippen molar-refractivity contribution in [2.45, 2.75) is 53.4 Å². The van der Waals surface area contributed by atoms with Crippen LogP contribution in [0.15, 0.2) is 30.3 Å². The molecule has 3 aromatic carbocycles. The third kappa shape index (κ3) is 2.23.